The molecule has 0 aliphatic carbocycles. The summed E-state index contributed by atoms with van der Waals surface area (Å²) in [5, 5.41) is 31.9. The third-order valence-electron chi connectivity index (χ3n) is 7.52. The van der Waals surface area contributed by atoms with Gasteiger partial charge in [-0.05, 0) is 70.1 Å². The number of phenols is 1. The van der Waals surface area contributed by atoms with Crippen molar-refractivity contribution in [3.8, 4) is 11.4 Å². The van der Waals surface area contributed by atoms with Crippen molar-refractivity contribution in [3.63, 3.8) is 0 Å². The van der Waals surface area contributed by atoms with Gasteiger partial charge in [0.15, 0.2) is 6.29 Å². The lowest BCUT2D eigenvalue weighted by molar-refractivity contribution is -0.268. The average Bonchev–Trinajstić information content (AvgIpc) is 3.54. The maximum absolute atomic E-state index is 12.8. The van der Waals surface area contributed by atoms with Crippen molar-refractivity contribution < 1.29 is 28.1 Å². The smallest absolute Gasteiger partial charge is 0.261 e. The van der Waals surface area contributed by atoms with Crippen LogP contribution in [0.25, 0.3) is 5.69 Å². The zero-order valence-electron chi connectivity index (χ0n) is 24.2. The van der Waals surface area contributed by atoms with E-state index in [1.54, 1.807) is 71.4 Å². The second kappa shape index (κ2) is 13.4. The number of aliphatic hydroxyl groups is 1. The Morgan fingerprint density at radius 1 is 0.889 bits per heavy atom. The molecule has 0 spiro atoms. The number of benzene rings is 4. The highest BCUT2D eigenvalue weighted by Crippen LogP contribution is 2.43. The first kappa shape index (κ1) is 30.7. The fourth-order valence-corrected chi connectivity index (χ4v) is 7.15. The van der Waals surface area contributed by atoms with Crippen LogP contribution in [0.3, 0.4) is 0 Å². The van der Waals surface area contributed by atoms with E-state index >= 15 is 0 Å². The summed E-state index contributed by atoms with van der Waals surface area (Å²) in [4.78, 5) is 0.175. The highest BCUT2D eigenvalue weighted by molar-refractivity contribution is 7.99. The number of rotatable bonds is 10. The van der Waals surface area contributed by atoms with Crippen LogP contribution in [0.4, 0.5) is 5.69 Å². The summed E-state index contributed by atoms with van der Waals surface area (Å²) in [6.45, 7) is 2.01. The maximum atomic E-state index is 12.8. The Bertz CT molecular complexity index is 1820. The molecule has 1 saturated heterocycles. The largest absolute Gasteiger partial charge is 0.508 e. The molecule has 1 aromatic heterocycles. The molecule has 4 aromatic carbocycles. The number of hydrogen-bond donors (Lipinski definition) is 3. The molecule has 11 nitrogen and oxygen atoms in total. The predicted molar refractivity (Wildman–Crippen MR) is 168 cm³/mol. The molecule has 0 amide bonds. The summed E-state index contributed by atoms with van der Waals surface area (Å²) in [6.07, 6.45) is -1.34. The van der Waals surface area contributed by atoms with Crippen LogP contribution in [-0.4, -0.2) is 50.7 Å². The minimum absolute atomic E-state index is 0.0531. The highest BCUT2D eigenvalue weighted by Gasteiger charge is 2.38. The summed E-state index contributed by atoms with van der Waals surface area (Å²) in [5.74, 6) is 0.597. The first-order valence-electron chi connectivity index (χ1n) is 14.2. The Labute approximate surface area is 264 Å². The molecule has 232 valence electrons. The number of hydrogen-bond acceptors (Lipinski definition) is 10. The molecule has 1 aliphatic heterocycles. The standard InChI is InChI=1S/C32H31N5O6S2/c1-21-29(20-44-32-33-35-36-37(32)26-15-17-27(39)18-16-26)42-31(43-30(21)23-9-7-22(19-38)8-10-23)24-11-13-25(14-12-24)34-45(40,41)28-5-3-2-4-6-28/h2-18,21,29-31,34,38-39H,19-20H2,1H3/t21-,29+,30+,31+/m1/s1. The molecule has 0 unspecified atom stereocenters. The Morgan fingerprint density at radius 2 is 1.58 bits per heavy atom. The summed E-state index contributed by atoms with van der Waals surface area (Å²) < 4.78 is 42.9. The second-order valence-corrected chi connectivity index (χ2v) is 13.2. The Balaban J connectivity index is 1.23. The summed E-state index contributed by atoms with van der Waals surface area (Å²) in [7, 11) is -3.74. The van der Waals surface area contributed by atoms with E-state index in [0.29, 0.717) is 22.3 Å². The summed E-state index contributed by atoms with van der Waals surface area (Å²) in [6, 6.07) is 29.4. The number of sulfonamides is 1. The van der Waals surface area contributed by atoms with E-state index in [0.717, 1.165) is 16.7 Å². The molecule has 13 heteroatoms. The first-order valence-corrected chi connectivity index (χ1v) is 16.7. The Hall–Kier alpha value is -4.27. The van der Waals surface area contributed by atoms with E-state index in [9.17, 15) is 18.6 Å². The van der Waals surface area contributed by atoms with Crippen LogP contribution in [0.15, 0.2) is 113 Å². The topological polar surface area (TPSA) is 149 Å². The van der Waals surface area contributed by atoms with Crippen LogP contribution in [0.5, 0.6) is 5.75 Å². The van der Waals surface area contributed by atoms with Gasteiger partial charge in [0.1, 0.15) is 5.75 Å². The third-order valence-corrected chi connectivity index (χ3v) is 9.93. The number of tetrazole rings is 1. The maximum Gasteiger partial charge on any atom is 0.261 e. The number of anilines is 1. The minimum atomic E-state index is -3.74. The quantitative estimate of drug-likeness (QED) is 0.172. The molecule has 0 radical (unpaired) electrons. The van der Waals surface area contributed by atoms with Crippen molar-refractivity contribution in [3.05, 3.63) is 120 Å². The zero-order chi connectivity index (χ0) is 31.4. The number of thioether (sulfide) groups is 1. The molecule has 2 heterocycles. The monoisotopic (exact) mass is 645 g/mol. The van der Waals surface area contributed by atoms with E-state index in [1.165, 1.54) is 23.9 Å². The van der Waals surface area contributed by atoms with Gasteiger partial charge in [0, 0.05) is 22.9 Å². The minimum Gasteiger partial charge on any atom is -0.508 e. The van der Waals surface area contributed by atoms with E-state index in [1.807, 2.05) is 24.3 Å². The molecule has 45 heavy (non-hydrogen) atoms. The predicted octanol–water partition coefficient (Wildman–Crippen LogP) is 5.24. The van der Waals surface area contributed by atoms with E-state index in [2.05, 4.69) is 27.2 Å². The van der Waals surface area contributed by atoms with Gasteiger partial charge in [-0.1, -0.05) is 73.3 Å². The molecule has 6 rings (SSSR count). The van der Waals surface area contributed by atoms with E-state index in [4.69, 9.17) is 9.47 Å². The van der Waals surface area contributed by atoms with Gasteiger partial charge in [-0.25, -0.2) is 8.42 Å². The molecule has 5 aromatic rings. The zero-order valence-corrected chi connectivity index (χ0v) is 25.8. The van der Waals surface area contributed by atoms with Crippen LogP contribution in [0.2, 0.25) is 0 Å². The molecule has 1 fully saturated rings. The average molecular weight is 646 g/mol. The number of aliphatic hydroxyl groups excluding tert-OH is 1. The summed E-state index contributed by atoms with van der Waals surface area (Å²) >= 11 is 1.44. The van der Waals surface area contributed by atoms with Gasteiger partial charge in [-0.2, -0.15) is 4.68 Å². The van der Waals surface area contributed by atoms with Crippen molar-refractivity contribution >= 4 is 27.5 Å². The molecule has 4 atom stereocenters. The van der Waals surface area contributed by atoms with Gasteiger partial charge in [0.05, 0.1) is 29.4 Å². The number of aromatic hydroxyl groups is 1. The number of nitrogens with one attached hydrogen (secondary N) is 1. The molecular weight excluding hydrogens is 615 g/mol. The molecular formula is C32H31N5O6S2. The second-order valence-electron chi connectivity index (χ2n) is 10.6. The van der Waals surface area contributed by atoms with Gasteiger partial charge in [-0.3, -0.25) is 4.72 Å². The van der Waals surface area contributed by atoms with Crippen LogP contribution in [-0.2, 0) is 26.1 Å². The fraction of sp³-hybridized carbons (Fsp3) is 0.219. The third kappa shape index (κ3) is 7.02. The van der Waals surface area contributed by atoms with Gasteiger partial charge in [-0.15, -0.1) is 5.10 Å². The molecule has 0 bridgehead atoms. The normalized spacial score (nSPS) is 20.1. The summed E-state index contributed by atoms with van der Waals surface area (Å²) in [5.41, 5.74) is 3.60. The van der Waals surface area contributed by atoms with Gasteiger partial charge in [0.25, 0.3) is 10.0 Å². The number of phenolic OH excluding ortho intramolecular Hbond substituents is 1. The molecule has 3 N–H and O–H groups in total. The van der Waals surface area contributed by atoms with Crippen molar-refractivity contribution in [2.24, 2.45) is 5.92 Å². The van der Waals surface area contributed by atoms with Crippen LogP contribution in [0, 0.1) is 5.92 Å². The van der Waals surface area contributed by atoms with Gasteiger partial charge >= 0.3 is 0 Å². The Morgan fingerprint density at radius 3 is 2.27 bits per heavy atom. The van der Waals surface area contributed by atoms with Gasteiger partial charge < -0.3 is 19.7 Å². The van der Waals surface area contributed by atoms with Crippen molar-refractivity contribution in [1.82, 2.24) is 20.2 Å². The van der Waals surface area contributed by atoms with E-state index in [-0.39, 0.29) is 35.4 Å². The van der Waals surface area contributed by atoms with Crippen molar-refractivity contribution in [1.29, 1.82) is 0 Å². The van der Waals surface area contributed by atoms with Crippen LogP contribution in [0.1, 0.15) is 36.0 Å². The highest BCUT2D eigenvalue weighted by atomic mass is 32.2. The van der Waals surface area contributed by atoms with Crippen LogP contribution < -0.4 is 4.72 Å². The van der Waals surface area contributed by atoms with Gasteiger partial charge in [0.2, 0.25) is 5.16 Å². The van der Waals surface area contributed by atoms with Crippen molar-refractivity contribution in [2.75, 3.05) is 10.5 Å². The Kier molecular flexibility index (Phi) is 9.14. The lowest BCUT2D eigenvalue weighted by Crippen LogP contribution is -2.38. The van der Waals surface area contributed by atoms with Crippen molar-refractivity contribution in [2.45, 2.75) is 42.1 Å². The lowest BCUT2D eigenvalue weighted by Gasteiger charge is -2.41. The number of aromatic nitrogens is 4. The molecule has 0 saturated carbocycles. The number of nitrogens with zero attached hydrogens (tertiary/aromatic N) is 4. The van der Waals surface area contributed by atoms with Crippen LogP contribution >= 0.6 is 11.8 Å². The SMILES string of the molecule is C[C@@H]1[C@H](CSc2nnnn2-c2ccc(O)cc2)O[C@H](c2ccc(NS(=O)(=O)c3ccccc3)cc2)O[C@@H]1c1ccc(CO)cc1. The lowest BCUT2D eigenvalue weighted by atomic mass is 9.91. The van der Waals surface area contributed by atoms with E-state index < -0.39 is 16.3 Å². The number of ether oxygens (including phenoxy) is 2. The first-order chi connectivity index (χ1) is 21.8. The molecule has 1 aliphatic rings. The fourth-order valence-electron chi connectivity index (χ4n) is 5.01.